The van der Waals surface area contributed by atoms with Crippen molar-refractivity contribution in [2.24, 2.45) is 0 Å². The Kier molecular flexibility index (Phi) is 3.88. The Bertz CT molecular complexity index is 414. The minimum atomic E-state index is 0.887. The Morgan fingerprint density at radius 3 is 2.73 bits per heavy atom. The van der Waals surface area contributed by atoms with Crippen LogP contribution in [0.25, 0.3) is 0 Å². The van der Waals surface area contributed by atoms with Gasteiger partial charge in [0.25, 0.3) is 0 Å². The summed E-state index contributed by atoms with van der Waals surface area (Å²) in [6.45, 7) is 1.80. The molecule has 1 N–H and O–H groups in total. The monoisotopic (exact) mass is 282 g/mol. The molecule has 15 heavy (non-hydrogen) atoms. The summed E-state index contributed by atoms with van der Waals surface area (Å²) >= 11 is 5.21. The molecule has 78 valence electrons. The van der Waals surface area contributed by atoms with E-state index in [1.807, 2.05) is 24.5 Å². The molecule has 2 heterocycles. The summed E-state index contributed by atoms with van der Waals surface area (Å²) in [5.41, 5.74) is 1.26. The van der Waals surface area contributed by atoms with E-state index in [1.54, 1.807) is 11.3 Å². The maximum Gasteiger partial charge on any atom is 0.0303 e. The van der Waals surface area contributed by atoms with Crippen LogP contribution in [0.2, 0.25) is 0 Å². The fourth-order valence-electron chi connectivity index (χ4n) is 1.28. The van der Waals surface area contributed by atoms with Gasteiger partial charge in [0, 0.05) is 40.2 Å². The third kappa shape index (κ3) is 3.41. The average Bonchev–Trinajstić information content (AvgIpc) is 2.66. The van der Waals surface area contributed by atoms with Crippen LogP contribution in [0.1, 0.15) is 10.4 Å². The third-order valence-electron chi connectivity index (χ3n) is 2.00. The second-order valence-corrected chi connectivity index (χ2v) is 5.10. The first-order valence-electron chi connectivity index (χ1n) is 4.67. The molecule has 0 aliphatic carbocycles. The summed E-state index contributed by atoms with van der Waals surface area (Å²) in [6.07, 6.45) is 3.64. The molecule has 0 atom stereocenters. The molecule has 0 aliphatic heterocycles. The molecule has 0 saturated carbocycles. The van der Waals surface area contributed by atoms with E-state index in [2.05, 4.69) is 37.7 Å². The van der Waals surface area contributed by atoms with Crippen LogP contribution in [-0.2, 0) is 13.1 Å². The predicted molar refractivity (Wildman–Crippen MR) is 66.8 cm³/mol. The molecule has 0 aromatic carbocycles. The van der Waals surface area contributed by atoms with E-state index in [1.165, 1.54) is 10.4 Å². The molecule has 0 amide bonds. The Morgan fingerprint density at radius 2 is 2.07 bits per heavy atom. The van der Waals surface area contributed by atoms with Gasteiger partial charge in [0.2, 0.25) is 0 Å². The van der Waals surface area contributed by atoms with Gasteiger partial charge in [-0.1, -0.05) is 0 Å². The highest BCUT2D eigenvalue weighted by molar-refractivity contribution is 9.10. The second-order valence-electron chi connectivity index (χ2n) is 3.19. The van der Waals surface area contributed by atoms with Crippen LogP contribution in [0.3, 0.4) is 0 Å². The molecule has 2 nitrogen and oxygen atoms in total. The van der Waals surface area contributed by atoms with E-state index in [0.29, 0.717) is 0 Å². The van der Waals surface area contributed by atoms with Gasteiger partial charge in [-0.25, -0.2) is 0 Å². The number of nitrogens with zero attached hydrogens (tertiary/aromatic N) is 1. The van der Waals surface area contributed by atoms with E-state index >= 15 is 0 Å². The Labute approximate surface area is 101 Å². The number of thiophene rings is 1. The minimum absolute atomic E-state index is 0.887. The molecule has 0 fully saturated rings. The van der Waals surface area contributed by atoms with E-state index in [4.69, 9.17) is 0 Å². The summed E-state index contributed by atoms with van der Waals surface area (Å²) in [6, 6.07) is 6.19. The normalized spacial score (nSPS) is 10.5. The first-order chi connectivity index (χ1) is 7.34. The topological polar surface area (TPSA) is 24.9 Å². The van der Waals surface area contributed by atoms with Gasteiger partial charge in [-0.3, -0.25) is 4.98 Å². The van der Waals surface area contributed by atoms with Crippen LogP contribution in [0, 0.1) is 0 Å². The lowest BCUT2D eigenvalue weighted by Gasteiger charge is -2.02. The predicted octanol–water partition coefficient (Wildman–Crippen LogP) is 3.20. The number of aromatic nitrogens is 1. The van der Waals surface area contributed by atoms with Crippen LogP contribution < -0.4 is 5.32 Å². The van der Waals surface area contributed by atoms with Gasteiger partial charge in [0.15, 0.2) is 0 Å². The number of halogens is 1. The van der Waals surface area contributed by atoms with Gasteiger partial charge in [0.05, 0.1) is 0 Å². The van der Waals surface area contributed by atoms with Crippen molar-refractivity contribution < 1.29 is 0 Å². The number of hydrogen-bond acceptors (Lipinski definition) is 3. The Hall–Kier alpha value is -0.710. The van der Waals surface area contributed by atoms with Crippen molar-refractivity contribution >= 4 is 27.3 Å². The van der Waals surface area contributed by atoms with Crippen LogP contribution in [-0.4, -0.2) is 4.98 Å². The highest BCUT2D eigenvalue weighted by atomic mass is 79.9. The highest BCUT2D eigenvalue weighted by Gasteiger charge is 1.97. The molecule has 4 heteroatoms. The summed E-state index contributed by atoms with van der Waals surface area (Å²) in [5, 5.41) is 5.49. The quantitative estimate of drug-likeness (QED) is 0.932. The molecule has 2 rings (SSSR count). The van der Waals surface area contributed by atoms with Crippen molar-refractivity contribution in [2.45, 2.75) is 13.1 Å². The molecule has 2 aromatic heterocycles. The lowest BCUT2D eigenvalue weighted by Crippen LogP contribution is -2.11. The van der Waals surface area contributed by atoms with Gasteiger partial charge < -0.3 is 5.32 Å². The molecule has 0 spiro atoms. The SMILES string of the molecule is Brc1csc(CNCc2ccncc2)c1. The van der Waals surface area contributed by atoms with Gasteiger partial charge in [0.1, 0.15) is 0 Å². The van der Waals surface area contributed by atoms with Crippen LogP contribution >= 0.6 is 27.3 Å². The van der Waals surface area contributed by atoms with Crippen LogP contribution in [0.15, 0.2) is 40.4 Å². The van der Waals surface area contributed by atoms with Crippen molar-refractivity contribution in [3.63, 3.8) is 0 Å². The minimum Gasteiger partial charge on any atom is -0.308 e. The molecule has 0 unspecified atom stereocenters. The van der Waals surface area contributed by atoms with E-state index in [-0.39, 0.29) is 0 Å². The number of pyridine rings is 1. The smallest absolute Gasteiger partial charge is 0.0303 e. The van der Waals surface area contributed by atoms with Gasteiger partial charge in [-0.15, -0.1) is 11.3 Å². The highest BCUT2D eigenvalue weighted by Crippen LogP contribution is 2.19. The first-order valence-corrected chi connectivity index (χ1v) is 6.34. The molecule has 0 saturated heterocycles. The average molecular weight is 283 g/mol. The Balaban J connectivity index is 1.80. The standard InChI is InChI=1S/C11H11BrN2S/c12-10-5-11(15-8-10)7-14-6-9-1-3-13-4-2-9/h1-5,8,14H,6-7H2. The van der Waals surface area contributed by atoms with Crippen molar-refractivity contribution in [2.75, 3.05) is 0 Å². The van der Waals surface area contributed by atoms with Crippen molar-refractivity contribution in [1.82, 2.24) is 10.3 Å². The zero-order valence-electron chi connectivity index (χ0n) is 8.11. The molecule has 0 bridgehead atoms. The Morgan fingerprint density at radius 1 is 1.27 bits per heavy atom. The molecule has 2 aromatic rings. The summed E-state index contributed by atoms with van der Waals surface area (Å²) < 4.78 is 1.16. The summed E-state index contributed by atoms with van der Waals surface area (Å²) in [4.78, 5) is 5.33. The van der Waals surface area contributed by atoms with Crippen molar-refractivity contribution in [3.8, 4) is 0 Å². The molecule has 0 aliphatic rings. The summed E-state index contributed by atoms with van der Waals surface area (Å²) in [5.74, 6) is 0. The first kappa shape index (κ1) is 10.8. The lowest BCUT2D eigenvalue weighted by atomic mass is 10.3. The number of nitrogens with one attached hydrogen (secondary N) is 1. The molecular weight excluding hydrogens is 272 g/mol. The summed E-state index contributed by atoms with van der Waals surface area (Å²) in [7, 11) is 0. The van der Waals surface area contributed by atoms with E-state index < -0.39 is 0 Å². The fraction of sp³-hybridized carbons (Fsp3) is 0.182. The third-order valence-corrected chi connectivity index (χ3v) is 3.70. The molecule has 0 radical (unpaired) electrons. The van der Waals surface area contributed by atoms with Crippen molar-refractivity contribution in [3.05, 3.63) is 50.9 Å². The van der Waals surface area contributed by atoms with E-state index in [9.17, 15) is 0 Å². The van der Waals surface area contributed by atoms with Crippen molar-refractivity contribution in [1.29, 1.82) is 0 Å². The second kappa shape index (κ2) is 5.39. The largest absolute Gasteiger partial charge is 0.308 e. The van der Waals surface area contributed by atoms with Gasteiger partial charge >= 0.3 is 0 Å². The van der Waals surface area contributed by atoms with Gasteiger partial charge in [-0.05, 0) is 39.7 Å². The van der Waals surface area contributed by atoms with Crippen LogP contribution in [0.5, 0.6) is 0 Å². The zero-order valence-corrected chi connectivity index (χ0v) is 10.5. The lowest BCUT2D eigenvalue weighted by molar-refractivity contribution is 0.700. The van der Waals surface area contributed by atoms with Crippen LogP contribution in [0.4, 0.5) is 0 Å². The maximum atomic E-state index is 3.98. The van der Waals surface area contributed by atoms with E-state index in [0.717, 1.165) is 17.6 Å². The zero-order chi connectivity index (χ0) is 10.5. The van der Waals surface area contributed by atoms with Gasteiger partial charge in [-0.2, -0.15) is 0 Å². The fourth-order valence-corrected chi connectivity index (χ4v) is 2.70. The maximum absolute atomic E-state index is 3.98. The number of rotatable bonds is 4. The molecular formula is C11H11BrN2S. The number of hydrogen-bond donors (Lipinski definition) is 1.